The zero-order valence-electron chi connectivity index (χ0n) is 13.4. The zero-order valence-corrected chi connectivity index (χ0v) is 13.4. The fourth-order valence-electron chi connectivity index (χ4n) is 2.93. The molecule has 0 aromatic heterocycles. The van der Waals surface area contributed by atoms with Gasteiger partial charge >= 0.3 is 6.16 Å². The van der Waals surface area contributed by atoms with Gasteiger partial charge in [0.2, 0.25) is 0 Å². The molecule has 0 aliphatic rings. The van der Waals surface area contributed by atoms with Crippen molar-refractivity contribution in [3.63, 3.8) is 0 Å². The first kappa shape index (κ1) is 15.8. The lowest BCUT2D eigenvalue weighted by molar-refractivity contribution is 0.144. The van der Waals surface area contributed by atoms with Crippen molar-refractivity contribution in [3.8, 4) is 28.0 Å². The van der Waals surface area contributed by atoms with E-state index < -0.39 is 6.16 Å². The molecule has 0 radical (unpaired) electrons. The van der Waals surface area contributed by atoms with Gasteiger partial charge in [-0.15, -0.1) is 0 Å². The summed E-state index contributed by atoms with van der Waals surface area (Å²) in [6.07, 6.45) is -0.415. The highest BCUT2D eigenvalue weighted by Gasteiger charge is 2.16. The Labute approximate surface area is 141 Å². The average Bonchev–Trinajstić information content (AvgIpc) is 2.61. The molecule has 0 saturated carbocycles. The van der Waals surface area contributed by atoms with E-state index in [1.807, 2.05) is 54.6 Å². The Bertz CT molecular complexity index is 854. The molecule has 0 aliphatic heterocycles. The van der Waals surface area contributed by atoms with Crippen LogP contribution in [-0.4, -0.2) is 11.3 Å². The number of benzene rings is 3. The minimum atomic E-state index is -1.31. The van der Waals surface area contributed by atoms with Crippen molar-refractivity contribution in [2.24, 2.45) is 0 Å². The van der Waals surface area contributed by atoms with E-state index in [1.165, 1.54) is 5.56 Å². The number of carbonyl (C=O) groups is 1. The lowest BCUT2D eigenvalue weighted by Crippen LogP contribution is -2.05. The normalized spacial score (nSPS) is 10.4. The molecule has 0 fully saturated rings. The van der Waals surface area contributed by atoms with Crippen LogP contribution in [0.5, 0.6) is 5.75 Å². The van der Waals surface area contributed by atoms with Gasteiger partial charge in [0, 0.05) is 5.56 Å². The summed E-state index contributed by atoms with van der Waals surface area (Å²) < 4.78 is 5.05. The minimum Gasteiger partial charge on any atom is -0.449 e. The lowest BCUT2D eigenvalue weighted by Gasteiger charge is -2.16. The van der Waals surface area contributed by atoms with E-state index in [4.69, 9.17) is 9.84 Å². The smallest absolute Gasteiger partial charge is 0.449 e. The zero-order chi connectivity index (χ0) is 16.9. The second kappa shape index (κ2) is 7.01. The predicted octanol–water partition coefficient (Wildman–Crippen LogP) is 5.64. The van der Waals surface area contributed by atoms with Crippen LogP contribution in [0.25, 0.3) is 22.3 Å². The molecule has 120 valence electrons. The summed E-state index contributed by atoms with van der Waals surface area (Å²) in [4.78, 5) is 11.1. The van der Waals surface area contributed by atoms with Gasteiger partial charge in [-0.1, -0.05) is 73.7 Å². The van der Waals surface area contributed by atoms with E-state index in [2.05, 4.69) is 19.1 Å². The van der Waals surface area contributed by atoms with Gasteiger partial charge in [-0.05, 0) is 34.7 Å². The molecular formula is C21H18O3. The predicted molar refractivity (Wildman–Crippen MR) is 95.3 cm³/mol. The highest BCUT2D eigenvalue weighted by Crippen LogP contribution is 2.40. The van der Waals surface area contributed by atoms with Crippen LogP contribution in [0.1, 0.15) is 12.5 Å². The molecule has 0 atom stereocenters. The molecule has 0 spiro atoms. The number of ether oxygens (including phenoxy) is 1. The minimum absolute atomic E-state index is 0.345. The molecule has 0 unspecified atom stereocenters. The van der Waals surface area contributed by atoms with Gasteiger partial charge in [0.15, 0.2) is 0 Å². The van der Waals surface area contributed by atoms with E-state index >= 15 is 0 Å². The number of aryl methyl sites for hydroxylation is 1. The summed E-state index contributed by atoms with van der Waals surface area (Å²) in [5.41, 5.74) is 4.99. The van der Waals surface area contributed by atoms with Crippen LogP contribution in [0.2, 0.25) is 0 Å². The maximum atomic E-state index is 11.1. The summed E-state index contributed by atoms with van der Waals surface area (Å²) in [6.45, 7) is 2.11. The topological polar surface area (TPSA) is 46.5 Å². The van der Waals surface area contributed by atoms with Gasteiger partial charge in [-0.25, -0.2) is 4.79 Å². The SMILES string of the molecule is CCc1ccccc1-c1cccc(OC(=O)O)c1-c1ccccc1. The van der Waals surface area contributed by atoms with E-state index in [0.29, 0.717) is 5.75 Å². The second-order valence-corrected chi connectivity index (χ2v) is 5.42. The molecule has 0 saturated heterocycles. The van der Waals surface area contributed by atoms with Crippen molar-refractivity contribution in [3.05, 3.63) is 78.4 Å². The standard InChI is InChI=1S/C21H18O3/c1-2-15-9-6-7-12-17(15)18-13-8-14-19(24-21(22)23)20(18)16-10-4-3-5-11-16/h3-14H,2H2,1H3,(H,22,23). The summed E-state index contributed by atoms with van der Waals surface area (Å²) in [5.74, 6) is 0.345. The van der Waals surface area contributed by atoms with Gasteiger partial charge in [0.25, 0.3) is 0 Å². The van der Waals surface area contributed by atoms with E-state index in [-0.39, 0.29) is 0 Å². The third kappa shape index (κ3) is 3.15. The summed E-state index contributed by atoms with van der Waals surface area (Å²) in [5, 5.41) is 9.08. The van der Waals surface area contributed by atoms with Gasteiger partial charge in [-0.3, -0.25) is 0 Å². The van der Waals surface area contributed by atoms with E-state index in [0.717, 1.165) is 28.7 Å². The van der Waals surface area contributed by atoms with Crippen molar-refractivity contribution in [1.82, 2.24) is 0 Å². The highest BCUT2D eigenvalue weighted by molar-refractivity contribution is 5.89. The number of rotatable bonds is 4. The molecule has 0 bridgehead atoms. The van der Waals surface area contributed by atoms with Crippen molar-refractivity contribution in [2.45, 2.75) is 13.3 Å². The molecular weight excluding hydrogens is 300 g/mol. The molecule has 3 aromatic rings. The summed E-state index contributed by atoms with van der Waals surface area (Å²) in [6, 6.07) is 23.4. The van der Waals surface area contributed by atoms with Crippen LogP contribution >= 0.6 is 0 Å². The van der Waals surface area contributed by atoms with Gasteiger partial charge < -0.3 is 9.84 Å². The molecule has 3 heteroatoms. The maximum Gasteiger partial charge on any atom is 0.511 e. The quantitative estimate of drug-likeness (QED) is 0.500. The van der Waals surface area contributed by atoms with Crippen molar-refractivity contribution in [2.75, 3.05) is 0 Å². The number of carboxylic acid groups (broad SMARTS) is 1. The Kier molecular flexibility index (Phi) is 4.62. The molecule has 1 N–H and O–H groups in total. The second-order valence-electron chi connectivity index (χ2n) is 5.42. The highest BCUT2D eigenvalue weighted by atomic mass is 16.7. The molecule has 3 nitrogen and oxygen atoms in total. The van der Waals surface area contributed by atoms with Crippen molar-refractivity contribution >= 4 is 6.16 Å². The third-order valence-corrected chi connectivity index (χ3v) is 3.97. The van der Waals surface area contributed by atoms with Crippen LogP contribution in [0, 0.1) is 0 Å². The van der Waals surface area contributed by atoms with Gasteiger partial charge in [0.05, 0.1) is 0 Å². The van der Waals surface area contributed by atoms with Gasteiger partial charge in [-0.2, -0.15) is 0 Å². The monoisotopic (exact) mass is 318 g/mol. The Balaban J connectivity index is 2.28. The fourth-order valence-corrected chi connectivity index (χ4v) is 2.93. The molecule has 0 amide bonds. The lowest BCUT2D eigenvalue weighted by atomic mass is 9.90. The Hall–Kier alpha value is -3.07. The first-order valence-electron chi connectivity index (χ1n) is 7.88. The maximum absolute atomic E-state index is 11.1. The molecule has 3 rings (SSSR count). The number of hydrogen-bond donors (Lipinski definition) is 1. The Morgan fingerprint density at radius 2 is 1.54 bits per heavy atom. The van der Waals surface area contributed by atoms with Crippen LogP contribution in [0.15, 0.2) is 72.8 Å². The summed E-state index contributed by atoms with van der Waals surface area (Å²) >= 11 is 0. The first-order chi connectivity index (χ1) is 11.7. The molecule has 0 aliphatic carbocycles. The molecule has 3 aromatic carbocycles. The van der Waals surface area contributed by atoms with Crippen molar-refractivity contribution in [1.29, 1.82) is 0 Å². The van der Waals surface area contributed by atoms with Crippen LogP contribution in [0.4, 0.5) is 4.79 Å². The van der Waals surface area contributed by atoms with E-state index in [1.54, 1.807) is 6.07 Å². The average molecular weight is 318 g/mol. The molecule has 24 heavy (non-hydrogen) atoms. The number of hydrogen-bond acceptors (Lipinski definition) is 2. The first-order valence-corrected chi connectivity index (χ1v) is 7.88. The van der Waals surface area contributed by atoms with Crippen LogP contribution < -0.4 is 4.74 Å². The molecule has 0 heterocycles. The van der Waals surface area contributed by atoms with Crippen LogP contribution in [-0.2, 0) is 6.42 Å². The third-order valence-electron chi connectivity index (χ3n) is 3.97. The van der Waals surface area contributed by atoms with E-state index in [9.17, 15) is 4.79 Å². The summed E-state index contributed by atoms with van der Waals surface area (Å²) in [7, 11) is 0. The van der Waals surface area contributed by atoms with Gasteiger partial charge in [0.1, 0.15) is 5.75 Å². The fraction of sp³-hybridized carbons (Fsp3) is 0.0952. The Morgan fingerprint density at radius 3 is 2.25 bits per heavy atom. The Morgan fingerprint density at radius 1 is 0.875 bits per heavy atom. The largest absolute Gasteiger partial charge is 0.511 e. The van der Waals surface area contributed by atoms with Crippen LogP contribution in [0.3, 0.4) is 0 Å². The van der Waals surface area contributed by atoms with Crippen molar-refractivity contribution < 1.29 is 14.6 Å².